The van der Waals surface area contributed by atoms with Gasteiger partial charge in [0.1, 0.15) is 0 Å². The Morgan fingerprint density at radius 3 is 2.92 bits per heavy atom. The van der Waals surface area contributed by atoms with Crippen molar-refractivity contribution in [2.45, 2.75) is 48.6 Å². The van der Waals surface area contributed by atoms with Crippen LogP contribution in [-0.4, -0.2) is 0 Å². The average molecular weight is 359 g/mol. The molecule has 0 amide bonds. The van der Waals surface area contributed by atoms with Crippen LogP contribution >= 0.6 is 0 Å². The summed E-state index contributed by atoms with van der Waals surface area (Å²) in [5.41, 5.74) is 1.76. The molecule has 0 bridgehead atoms. The topological polar surface area (TPSA) is 0 Å². The van der Waals surface area contributed by atoms with Crippen LogP contribution in [-0.2, 0) is 18.6 Å². The molecule has 0 saturated carbocycles. The Balaban J connectivity index is 2.22. The van der Waals surface area contributed by atoms with Crippen molar-refractivity contribution >= 4 is 0 Å². The zero-order valence-electron chi connectivity index (χ0n) is 8.50. The van der Waals surface area contributed by atoms with Crippen LogP contribution in [0.15, 0.2) is 23.8 Å². The van der Waals surface area contributed by atoms with Gasteiger partial charge in [0, 0.05) is 0 Å². The van der Waals surface area contributed by atoms with Gasteiger partial charge >= 0.3 is 91.0 Å². The van der Waals surface area contributed by atoms with E-state index in [2.05, 4.69) is 25.2 Å². The number of hydrogen-bond acceptors (Lipinski definition) is 0. The molecule has 0 aromatic carbocycles. The third kappa shape index (κ3) is 5.47. The van der Waals surface area contributed by atoms with E-state index in [1.165, 1.54) is 41.7 Å². The second-order valence-corrected chi connectivity index (χ2v) is 6.45. The van der Waals surface area contributed by atoms with Crippen molar-refractivity contribution in [3.05, 3.63) is 23.8 Å². The quantitative estimate of drug-likeness (QED) is 0.516. The molecule has 0 heterocycles. The summed E-state index contributed by atoms with van der Waals surface area (Å²) in [6, 6.07) is 0. The monoisotopic (exact) mass is 359 g/mol. The molecular weight excluding hydrogens is 339 g/mol. The molecule has 0 radical (unpaired) electrons. The van der Waals surface area contributed by atoms with Crippen LogP contribution in [0, 0.1) is 0 Å². The average Bonchev–Trinajstić information content (AvgIpc) is 2.08. The summed E-state index contributed by atoms with van der Waals surface area (Å²) < 4.78 is 0. The first-order chi connectivity index (χ1) is 6.43. The van der Waals surface area contributed by atoms with Crippen molar-refractivity contribution < 1.29 is 18.6 Å². The van der Waals surface area contributed by atoms with Crippen LogP contribution in [0.5, 0.6) is 0 Å². The van der Waals surface area contributed by atoms with Gasteiger partial charge in [-0.3, -0.25) is 0 Å². The number of allylic oxidation sites excluding steroid dienone is 4. The second-order valence-electron chi connectivity index (χ2n) is 3.38. The number of hydrogen-bond donors (Lipinski definition) is 0. The van der Waals surface area contributed by atoms with Crippen molar-refractivity contribution in [3.8, 4) is 0 Å². The predicted molar refractivity (Wildman–Crippen MR) is 55.6 cm³/mol. The molecule has 0 unspecified atom stereocenters. The molecule has 1 rings (SSSR count). The van der Waals surface area contributed by atoms with Crippen LogP contribution < -0.4 is 0 Å². The zero-order valence-corrected chi connectivity index (χ0v) is 10.8. The summed E-state index contributed by atoms with van der Waals surface area (Å²) in [6.07, 6.45) is 13.7. The Labute approximate surface area is 91.0 Å². The molecule has 1 aliphatic carbocycles. The second kappa shape index (κ2) is 7.56. The van der Waals surface area contributed by atoms with Crippen molar-refractivity contribution in [1.82, 2.24) is 0 Å². The van der Waals surface area contributed by atoms with E-state index in [1.54, 1.807) is 5.57 Å². The zero-order chi connectivity index (χ0) is 9.36. The first kappa shape index (κ1) is 11.2. The molecule has 0 aliphatic heterocycles. The van der Waals surface area contributed by atoms with Gasteiger partial charge < -0.3 is 0 Å². The third-order valence-electron chi connectivity index (χ3n) is 2.06. The molecule has 0 aromatic rings. The number of rotatable bonds is 4. The Morgan fingerprint density at radius 2 is 2.08 bits per heavy atom. The van der Waals surface area contributed by atoms with Gasteiger partial charge in [0.25, 0.3) is 0 Å². The molecule has 0 atom stereocenters. The van der Waals surface area contributed by atoms with E-state index in [0.29, 0.717) is 18.6 Å². The third-order valence-corrected chi connectivity index (χ3v) is 5.60. The van der Waals surface area contributed by atoms with Gasteiger partial charge in [-0.1, -0.05) is 0 Å². The molecule has 0 spiro atoms. The van der Waals surface area contributed by atoms with Gasteiger partial charge in [0.15, 0.2) is 0 Å². The summed E-state index contributed by atoms with van der Waals surface area (Å²) in [6.45, 7) is 2.30. The SMILES string of the molecule is CC[CH2][Pt][CH2]/C1=C/CC/C=C\CC1. The molecule has 0 N–H and O–H groups in total. The van der Waals surface area contributed by atoms with Gasteiger partial charge in [-0.2, -0.15) is 0 Å². The molecule has 0 nitrogen and oxygen atoms in total. The molecule has 78 valence electrons. The van der Waals surface area contributed by atoms with Crippen molar-refractivity contribution in [3.63, 3.8) is 0 Å². The predicted octanol–water partition coefficient (Wildman–Crippen LogP) is 4.37. The normalized spacial score (nSPS) is 24.5. The summed E-state index contributed by atoms with van der Waals surface area (Å²) in [5, 5.41) is 0. The fourth-order valence-electron chi connectivity index (χ4n) is 1.36. The van der Waals surface area contributed by atoms with Gasteiger partial charge in [-0.25, -0.2) is 0 Å². The summed E-state index contributed by atoms with van der Waals surface area (Å²) >= 11 is 0.477. The molecule has 0 saturated heterocycles. The fourth-order valence-corrected chi connectivity index (χ4v) is 4.03. The van der Waals surface area contributed by atoms with Crippen LogP contribution in [0.25, 0.3) is 0 Å². The van der Waals surface area contributed by atoms with E-state index in [4.69, 9.17) is 0 Å². The maximum atomic E-state index is 2.50. The molecule has 1 aliphatic rings. The van der Waals surface area contributed by atoms with Crippen molar-refractivity contribution in [1.29, 1.82) is 0 Å². The molecular formula is C12H20Pt. The van der Waals surface area contributed by atoms with Crippen LogP contribution in [0.4, 0.5) is 0 Å². The Hall–Kier alpha value is 0.168. The first-order valence-corrected chi connectivity index (χ1v) is 8.42. The molecule has 1 heteroatoms. The molecule has 13 heavy (non-hydrogen) atoms. The van der Waals surface area contributed by atoms with E-state index < -0.39 is 0 Å². The fraction of sp³-hybridized carbons (Fsp3) is 0.667. The summed E-state index contributed by atoms with van der Waals surface area (Å²) in [4.78, 5) is 2.97. The van der Waals surface area contributed by atoms with E-state index in [9.17, 15) is 0 Å². The minimum atomic E-state index is 0.477. The van der Waals surface area contributed by atoms with E-state index in [0.717, 1.165) is 0 Å². The Morgan fingerprint density at radius 1 is 1.23 bits per heavy atom. The maximum absolute atomic E-state index is 2.50. The Kier molecular flexibility index (Phi) is 6.54. The van der Waals surface area contributed by atoms with Gasteiger partial charge in [0.2, 0.25) is 0 Å². The van der Waals surface area contributed by atoms with Crippen molar-refractivity contribution in [2.75, 3.05) is 0 Å². The van der Waals surface area contributed by atoms with E-state index in [1.807, 2.05) is 0 Å². The van der Waals surface area contributed by atoms with E-state index in [-0.39, 0.29) is 0 Å². The summed E-state index contributed by atoms with van der Waals surface area (Å²) in [5.74, 6) is 0. The van der Waals surface area contributed by atoms with E-state index >= 15 is 0 Å². The Bertz CT molecular complexity index is 180. The van der Waals surface area contributed by atoms with Crippen LogP contribution in [0.2, 0.25) is 9.62 Å². The van der Waals surface area contributed by atoms with Gasteiger partial charge in [0.05, 0.1) is 0 Å². The summed E-state index contributed by atoms with van der Waals surface area (Å²) in [7, 11) is 0. The van der Waals surface area contributed by atoms with Gasteiger partial charge in [-0.05, 0) is 0 Å². The van der Waals surface area contributed by atoms with Crippen molar-refractivity contribution in [2.24, 2.45) is 0 Å². The standard InChI is InChI=1S/C9H13.C3H7.Pt/c1-9-7-5-3-2-4-6-8-9;1-3-2;/h2-3,8H,1,4-7H2;1,3H2,2H3;/b3-2-,9-8-;;. The minimum absolute atomic E-state index is 0.477. The van der Waals surface area contributed by atoms with Gasteiger partial charge in [-0.15, -0.1) is 0 Å². The van der Waals surface area contributed by atoms with Crippen LogP contribution in [0.1, 0.15) is 39.0 Å². The van der Waals surface area contributed by atoms with Crippen LogP contribution in [0.3, 0.4) is 0 Å². The first-order valence-electron chi connectivity index (χ1n) is 5.21. The molecule has 0 fully saturated rings. The molecule has 0 aromatic heterocycles.